The molecule has 0 spiro atoms. The topological polar surface area (TPSA) is 32.3 Å². The second-order valence-corrected chi connectivity index (χ2v) is 6.05. The van der Waals surface area contributed by atoms with Crippen LogP contribution >= 0.6 is 11.3 Å². The van der Waals surface area contributed by atoms with Crippen LogP contribution in [0.15, 0.2) is 35.7 Å². The minimum atomic E-state index is 0.122. The summed E-state index contributed by atoms with van der Waals surface area (Å²) in [5.74, 6) is 0.122. The molecule has 104 valence electrons. The molecule has 1 aromatic carbocycles. The summed E-state index contributed by atoms with van der Waals surface area (Å²) >= 11 is 1.80. The summed E-state index contributed by atoms with van der Waals surface area (Å²) in [5.41, 5.74) is 3.09. The normalized spacial score (nSPS) is 17.7. The van der Waals surface area contributed by atoms with Crippen molar-refractivity contribution in [2.75, 3.05) is 18.9 Å². The summed E-state index contributed by atoms with van der Waals surface area (Å²) in [4.78, 5) is 16.0. The quantitative estimate of drug-likeness (QED) is 0.915. The summed E-state index contributed by atoms with van der Waals surface area (Å²) in [6.45, 7) is 2.92. The fraction of sp³-hybridized carbons (Fsp3) is 0.312. The number of nitrogens with zero attached hydrogens (tertiary/aromatic N) is 1. The van der Waals surface area contributed by atoms with E-state index in [0.717, 1.165) is 24.2 Å². The van der Waals surface area contributed by atoms with Gasteiger partial charge in [0.15, 0.2) is 0 Å². The van der Waals surface area contributed by atoms with E-state index in [2.05, 4.69) is 23.7 Å². The number of anilines is 1. The number of thiophene rings is 1. The third-order valence-electron chi connectivity index (χ3n) is 3.96. The molecule has 1 aliphatic heterocycles. The van der Waals surface area contributed by atoms with Crippen LogP contribution in [0, 0.1) is 0 Å². The lowest BCUT2D eigenvalue weighted by Gasteiger charge is -2.33. The molecule has 20 heavy (non-hydrogen) atoms. The third kappa shape index (κ3) is 2.20. The van der Waals surface area contributed by atoms with Crippen LogP contribution in [-0.4, -0.2) is 24.4 Å². The van der Waals surface area contributed by atoms with Gasteiger partial charge in [-0.3, -0.25) is 4.79 Å². The summed E-state index contributed by atoms with van der Waals surface area (Å²) in [6, 6.07) is 9.99. The van der Waals surface area contributed by atoms with Crippen LogP contribution in [0.5, 0.6) is 0 Å². The van der Waals surface area contributed by atoms with E-state index < -0.39 is 0 Å². The van der Waals surface area contributed by atoms with Gasteiger partial charge in [0.2, 0.25) is 0 Å². The average Bonchev–Trinajstić information content (AvgIpc) is 2.96. The zero-order valence-electron chi connectivity index (χ0n) is 11.7. The largest absolute Gasteiger partial charge is 0.388 e. The molecule has 0 fully saturated rings. The highest BCUT2D eigenvalue weighted by Crippen LogP contribution is 2.33. The molecule has 1 amide bonds. The van der Waals surface area contributed by atoms with Crippen LogP contribution in [-0.2, 0) is 6.42 Å². The van der Waals surface area contributed by atoms with E-state index in [1.54, 1.807) is 11.3 Å². The van der Waals surface area contributed by atoms with Gasteiger partial charge in [-0.25, -0.2) is 0 Å². The molecule has 0 radical (unpaired) electrons. The van der Waals surface area contributed by atoms with E-state index in [-0.39, 0.29) is 11.9 Å². The van der Waals surface area contributed by atoms with Crippen molar-refractivity contribution < 1.29 is 4.79 Å². The maximum absolute atomic E-state index is 12.7. The second-order valence-electron chi connectivity index (χ2n) is 5.05. The van der Waals surface area contributed by atoms with Gasteiger partial charge in [-0.1, -0.05) is 0 Å². The van der Waals surface area contributed by atoms with Gasteiger partial charge in [0.25, 0.3) is 5.91 Å². The molecule has 2 heterocycles. The van der Waals surface area contributed by atoms with Gasteiger partial charge in [-0.15, -0.1) is 11.3 Å². The Balaban J connectivity index is 1.84. The number of benzene rings is 1. The highest BCUT2D eigenvalue weighted by molar-refractivity contribution is 7.10. The first-order chi connectivity index (χ1) is 9.70. The van der Waals surface area contributed by atoms with Gasteiger partial charge in [-0.05, 0) is 54.6 Å². The lowest BCUT2D eigenvalue weighted by Crippen LogP contribution is -2.38. The number of carbonyl (C=O) groups excluding carboxylic acids is 1. The predicted molar refractivity (Wildman–Crippen MR) is 83.5 cm³/mol. The van der Waals surface area contributed by atoms with E-state index >= 15 is 0 Å². The zero-order valence-corrected chi connectivity index (χ0v) is 12.5. The lowest BCUT2D eigenvalue weighted by atomic mass is 10.0. The molecule has 0 saturated carbocycles. The Morgan fingerprint density at radius 2 is 2.05 bits per heavy atom. The Labute approximate surface area is 123 Å². The molecule has 3 rings (SSSR count). The fourth-order valence-electron chi connectivity index (χ4n) is 2.73. The van der Waals surface area contributed by atoms with Crippen molar-refractivity contribution in [1.82, 2.24) is 4.90 Å². The molecular weight excluding hydrogens is 268 g/mol. The van der Waals surface area contributed by atoms with Crippen molar-refractivity contribution in [3.63, 3.8) is 0 Å². The van der Waals surface area contributed by atoms with Crippen molar-refractivity contribution >= 4 is 22.9 Å². The average molecular weight is 286 g/mol. The number of amides is 1. The molecule has 0 aliphatic carbocycles. The van der Waals surface area contributed by atoms with Gasteiger partial charge in [0.1, 0.15) is 0 Å². The number of fused-ring (bicyclic) bond motifs is 1. The first kappa shape index (κ1) is 13.2. The van der Waals surface area contributed by atoms with Crippen molar-refractivity contribution in [1.29, 1.82) is 0 Å². The van der Waals surface area contributed by atoms with Crippen LogP contribution in [0.4, 0.5) is 5.69 Å². The molecular formula is C16H18N2OS. The van der Waals surface area contributed by atoms with Crippen LogP contribution in [0.1, 0.15) is 33.8 Å². The molecule has 3 nitrogen and oxygen atoms in total. The van der Waals surface area contributed by atoms with Gasteiger partial charge >= 0.3 is 0 Å². The smallest absolute Gasteiger partial charge is 0.254 e. The first-order valence-electron chi connectivity index (χ1n) is 6.85. The van der Waals surface area contributed by atoms with Gasteiger partial charge < -0.3 is 10.2 Å². The number of nitrogens with one attached hydrogen (secondary N) is 1. The second kappa shape index (κ2) is 5.29. The lowest BCUT2D eigenvalue weighted by molar-refractivity contribution is 0.0679. The van der Waals surface area contributed by atoms with Crippen LogP contribution in [0.2, 0.25) is 0 Å². The molecule has 0 bridgehead atoms. The summed E-state index contributed by atoms with van der Waals surface area (Å²) in [6.07, 6.45) is 0.970. The summed E-state index contributed by atoms with van der Waals surface area (Å²) in [7, 11) is 1.88. The van der Waals surface area contributed by atoms with Gasteiger partial charge in [-0.2, -0.15) is 0 Å². The number of hydrogen-bond donors (Lipinski definition) is 1. The minimum absolute atomic E-state index is 0.122. The standard InChI is InChI=1S/C16H18N2OS/c1-11-14-8-10-20-15(14)7-9-18(11)16(19)12-3-5-13(17-2)6-4-12/h3-6,8,10-11,17H,7,9H2,1-2H3. The molecule has 1 aromatic heterocycles. The fourth-order valence-corrected chi connectivity index (χ4v) is 3.69. The maximum atomic E-state index is 12.7. The SMILES string of the molecule is CNc1ccc(C(=O)N2CCc3sccc3C2C)cc1. The molecule has 0 saturated heterocycles. The number of carbonyl (C=O) groups is 1. The van der Waals surface area contributed by atoms with E-state index in [1.807, 2.05) is 36.2 Å². The van der Waals surface area contributed by atoms with Crippen molar-refractivity contribution in [2.45, 2.75) is 19.4 Å². The van der Waals surface area contributed by atoms with Crippen LogP contribution in [0.25, 0.3) is 0 Å². The first-order valence-corrected chi connectivity index (χ1v) is 7.73. The number of hydrogen-bond acceptors (Lipinski definition) is 3. The van der Waals surface area contributed by atoms with E-state index in [0.29, 0.717) is 0 Å². The van der Waals surface area contributed by atoms with Gasteiger partial charge in [0, 0.05) is 29.7 Å². The molecule has 1 N–H and O–H groups in total. The Morgan fingerprint density at radius 3 is 2.75 bits per heavy atom. The van der Waals surface area contributed by atoms with Crippen molar-refractivity contribution in [3.8, 4) is 0 Å². The zero-order chi connectivity index (χ0) is 14.1. The highest BCUT2D eigenvalue weighted by Gasteiger charge is 2.28. The summed E-state index contributed by atoms with van der Waals surface area (Å²) in [5, 5.41) is 5.19. The van der Waals surface area contributed by atoms with Gasteiger partial charge in [0.05, 0.1) is 6.04 Å². The maximum Gasteiger partial charge on any atom is 0.254 e. The van der Waals surface area contributed by atoms with E-state index in [9.17, 15) is 4.79 Å². The Hall–Kier alpha value is -1.81. The molecule has 2 aromatic rings. The molecule has 1 unspecified atom stereocenters. The van der Waals surface area contributed by atoms with Crippen molar-refractivity contribution in [3.05, 3.63) is 51.7 Å². The predicted octanol–water partition coefficient (Wildman–Crippen LogP) is 3.55. The molecule has 4 heteroatoms. The Morgan fingerprint density at radius 1 is 1.30 bits per heavy atom. The number of rotatable bonds is 2. The highest BCUT2D eigenvalue weighted by atomic mass is 32.1. The summed E-state index contributed by atoms with van der Waals surface area (Å²) < 4.78 is 0. The van der Waals surface area contributed by atoms with Crippen molar-refractivity contribution in [2.24, 2.45) is 0 Å². The minimum Gasteiger partial charge on any atom is -0.388 e. The monoisotopic (exact) mass is 286 g/mol. The molecule has 1 aliphatic rings. The molecule has 1 atom stereocenters. The Kier molecular flexibility index (Phi) is 3.49. The van der Waals surface area contributed by atoms with E-state index in [1.165, 1.54) is 10.4 Å². The van der Waals surface area contributed by atoms with Crippen LogP contribution < -0.4 is 5.32 Å². The Bertz CT molecular complexity index is 618. The third-order valence-corrected chi connectivity index (χ3v) is 4.96. The van der Waals surface area contributed by atoms with E-state index in [4.69, 9.17) is 0 Å². The van der Waals surface area contributed by atoms with Crippen LogP contribution in [0.3, 0.4) is 0 Å².